The van der Waals surface area contributed by atoms with Gasteiger partial charge in [0.2, 0.25) is 5.88 Å². The summed E-state index contributed by atoms with van der Waals surface area (Å²) >= 11 is 0. The number of carbonyl (C=O) groups is 1. The minimum Gasteiger partial charge on any atom is -0.478 e. The maximum atomic E-state index is 13.7. The Morgan fingerprint density at radius 2 is 1.85 bits per heavy atom. The number of fused-ring (bicyclic) bond motifs is 2. The molecule has 0 fully saturated rings. The highest BCUT2D eigenvalue weighted by atomic mass is 19.1. The molecule has 0 saturated heterocycles. The molecule has 5 rings (SSSR count). The molecule has 0 aliphatic carbocycles. The summed E-state index contributed by atoms with van der Waals surface area (Å²) in [5, 5.41) is 13.2. The number of aromatic carboxylic acids is 1. The van der Waals surface area contributed by atoms with Crippen LogP contribution in [0.4, 0.5) is 16.0 Å². The zero-order valence-corrected chi connectivity index (χ0v) is 18.8. The van der Waals surface area contributed by atoms with E-state index in [2.05, 4.69) is 5.32 Å². The normalized spacial score (nSPS) is 13.7. The van der Waals surface area contributed by atoms with Gasteiger partial charge in [-0.15, -0.1) is 0 Å². The molecule has 7 heteroatoms. The van der Waals surface area contributed by atoms with Crippen LogP contribution in [0.1, 0.15) is 45.6 Å². The zero-order valence-electron chi connectivity index (χ0n) is 18.8. The lowest BCUT2D eigenvalue weighted by Gasteiger charge is -2.21. The molecule has 2 heterocycles. The highest BCUT2D eigenvalue weighted by Gasteiger charge is 2.24. The van der Waals surface area contributed by atoms with Crippen molar-refractivity contribution in [2.24, 2.45) is 0 Å². The van der Waals surface area contributed by atoms with E-state index in [0.29, 0.717) is 35.6 Å². The fourth-order valence-electron chi connectivity index (χ4n) is 4.52. The Bertz CT molecular complexity index is 1490. The van der Waals surface area contributed by atoms with E-state index in [1.165, 1.54) is 24.3 Å². The Labute approximate surface area is 195 Å². The third-order valence-corrected chi connectivity index (χ3v) is 6.19. The highest BCUT2D eigenvalue weighted by Crippen LogP contribution is 2.33. The number of nitrogens with zero attached hydrogens (tertiary/aromatic N) is 1. The van der Waals surface area contributed by atoms with E-state index in [-0.39, 0.29) is 22.9 Å². The third kappa shape index (κ3) is 3.90. The average Bonchev–Trinajstić information content (AvgIpc) is 3.22. The Morgan fingerprint density at radius 1 is 1.09 bits per heavy atom. The van der Waals surface area contributed by atoms with Gasteiger partial charge in [0, 0.05) is 30.4 Å². The predicted molar refractivity (Wildman–Crippen MR) is 129 cm³/mol. The van der Waals surface area contributed by atoms with E-state index in [9.17, 15) is 19.1 Å². The van der Waals surface area contributed by atoms with E-state index in [4.69, 9.17) is 4.42 Å². The number of hydrogen-bond acceptors (Lipinski definition) is 5. The molecule has 172 valence electrons. The molecule has 0 amide bonds. The highest BCUT2D eigenvalue weighted by molar-refractivity contribution is 5.94. The largest absolute Gasteiger partial charge is 0.478 e. The van der Waals surface area contributed by atoms with Gasteiger partial charge in [0.15, 0.2) is 5.43 Å². The second kappa shape index (κ2) is 8.33. The predicted octanol–water partition coefficient (Wildman–Crippen LogP) is 5.63. The van der Waals surface area contributed by atoms with E-state index >= 15 is 0 Å². The third-order valence-electron chi connectivity index (χ3n) is 6.19. The van der Waals surface area contributed by atoms with Crippen molar-refractivity contribution in [2.45, 2.75) is 33.0 Å². The van der Waals surface area contributed by atoms with Crippen molar-refractivity contribution in [3.63, 3.8) is 0 Å². The van der Waals surface area contributed by atoms with Crippen molar-refractivity contribution in [1.29, 1.82) is 0 Å². The van der Waals surface area contributed by atoms with Crippen LogP contribution in [0.15, 0.2) is 69.9 Å². The monoisotopic (exact) mass is 458 g/mol. The second-order valence-corrected chi connectivity index (χ2v) is 8.67. The summed E-state index contributed by atoms with van der Waals surface area (Å²) in [6, 6.07) is 16.2. The van der Waals surface area contributed by atoms with Gasteiger partial charge in [-0.05, 0) is 60.9 Å². The van der Waals surface area contributed by atoms with Crippen molar-refractivity contribution in [3.05, 3.63) is 105 Å². The molecule has 1 aliphatic rings. The van der Waals surface area contributed by atoms with Crippen molar-refractivity contribution in [3.8, 4) is 0 Å². The first-order valence-corrected chi connectivity index (χ1v) is 11.0. The Balaban J connectivity index is 1.56. The van der Waals surface area contributed by atoms with Gasteiger partial charge in [-0.2, -0.15) is 0 Å². The number of hydrogen-bond donors (Lipinski definition) is 2. The summed E-state index contributed by atoms with van der Waals surface area (Å²) in [5.41, 5.74) is 4.43. The summed E-state index contributed by atoms with van der Waals surface area (Å²) in [6.07, 6.45) is 0. The number of carboxylic acid groups (broad SMARTS) is 1. The van der Waals surface area contributed by atoms with E-state index in [0.717, 1.165) is 22.3 Å². The first-order valence-electron chi connectivity index (χ1n) is 11.0. The lowest BCUT2D eigenvalue weighted by Crippen LogP contribution is -2.18. The summed E-state index contributed by atoms with van der Waals surface area (Å²) in [4.78, 5) is 26.6. The van der Waals surface area contributed by atoms with Crippen LogP contribution in [0.2, 0.25) is 0 Å². The standard InChI is InChI=1S/C27H23FN2O4/c1-15-9-21(16(2)29-23-6-4-3-5-20(23)27(32)33)26-22(10-15)24(31)12-25(34-26)30-13-17-7-8-19(28)11-18(17)14-30/h3-12,16,29H,13-14H2,1-2H3,(H,32,33)/t16-/m1/s1. The average molecular weight is 458 g/mol. The van der Waals surface area contributed by atoms with Gasteiger partial charge in [-0.1, -0.05) is 24.3 Å². The minimum atomic E-state index is -1.02. The van der Waals surface area contributed by atoms with Gasteiger partial charge < -0.3 is 19.7 Å². The molecule has 6 nitrogen and oxygen atoms in total. The van der Waals surface area contributed by atoms with Crippen molar-refractivity contribution < 1.29 is 18.7 Å². The van der Waals surface area contributed by atoms with Crippen molar-refractivity contribution in [2.75, 3.05) is 10.2 Å². The molecule has 0 spiro atoms. The van der Waals surface area contributed by atoms with Crippen LogP contribution in [-0.2, 0) is 13.1 Å². The number of carboxylic acids is 1. The van der Waals surface area contributed by atoms with Crippen LogP contribution in [0, 0.1) is 12.7 Å². The molecule has 1 atom stereocenters. The molecular weight excluding hydrogens is 435 g/mol. The molecule has 0 radical (unpaired) electrons. The minimum absolute atomic E-state index is 0.163. The number of halogens is 1. The van der Waals surface area contributed by atoms with Crippen LogP contribution < -0.4 is 15.6 Å². The maximum absolute atomic E-state index is 13.7. The molecule has 1 aromatic heterocycles. The van der Waals surface area contributed by atoms with Crippen LogP contribution in [0.3, 0.4) is 0 Å². The quantitative estimate of drug-likeness (QED) is 0.403. The first-order chi connectivity index (χ1) is 16.3. The summed E-state index contributed by atoms with van der Waals surface area (Å²) in [5.74, 6) is -0.902. The van der Waals surface area contributed by atoms with Gasteiger partial charge in [0.1, 0.15) is 11.4 Å². The molecule has 0 bridgehead atoms. The molecular formula is C27H23FN2O4. The molecule has 2 N–H and O–H groups in total. The van der Waals surface area contributed by atoms with Gasteiger partial charge >= 0.3 is 5.97 Å². The number of anilines is 2. The number of rotatable bonds is 5. The summed E-state index contributed by atoms with van der Waals surface area (Å²) in [6.45, 7) is 4.77. The van der Waals surface area contributed by atoms with Gasteiger partial charge in [-0.3, -0.25) is 4.79 Å². The van der Waals surface area contributed by atoms with E-state index in [1.54, 1.807) is 30.3 Å². The Morgan fingerprint density at radius 3 is 2.65 bits per heavy atom. The SMILES string of the molecule is Cc1cc([C@@H](C)Nc2ccccc2C(=O)O)c2oc(N3Cc4ccc(F)cc4C3)cc(=O)c2c1. The van der Waals surface area contributed by atoms with Gasteiger partial charge in [0.25, 0.3) is 0 Å². The molecule has 1 aliphatic heterocycles. The second-order valence-electron chi connectivity index (χ2n) is 8.67. The van der Waals surface area contributed by atoms with E-state index in [1.807, 2.05) is 24.8 Å². The van der Waals surface area contributed by atoms with Gasteiger partial charge in [-0.25, -0.2) is 9.18 Å². The van der Waals surface area contributed by atoms with Gasteiger partial charge in [0.05, 0.1) is 17.0 Å². The molecule has 0 unspecified atom stereocenters. The number of para-hydroxylation sites is 1. The number of aryl methyl sites for hydroxylation is 1. The fraction of sp³-hybridized carbons (Fsp3) is 0.185. The number of benzene rings is 3. The summed E-state index contributed by atoms with van der Waals surface area (Å²) in [7, 11) is 0. The molecule has 0 saturated carbocycles. The van der Waals surface area contributed by atoms with Crippen LogP contribution >= 0.6 is 0 Å². The number of nitrogens with one attached hydrogen (secondary N) is 1. The Kier molecular flexibility index (Phi) is 5.32. The van der Waals surface area contributed by atoms with Crippen LogP contribution in [-0.4, -0.2) is 11.1 Å². The fourth-order valence-corrected chi connectivity index (χ4v) is 4.52. The molecule has 4 aromatic rings. The Hall–Kier alpha value is -4.13. The molecule has 34 heavy (non-hydrogen) atoms. The summed E-state index contributed by atoms with van der Waals surface area (Å²) < 4.78 is 20.0. The van der Waals surface area contributed by atoms with Crippen molar-refractivity contribution >= 4 is 28.5 Å². The lowest BCUT2D eigenvalue weighted by atomic mass is 10.0. The molecule has 3 aromatic carbocycles. The van der Waals surface area contributed by atoms with Crippen LogP contribution in [0.5, 0.6) is 0 Å². The maximum Gasteiger partial charge on any atom is 0.337 e. The lowest BCUT2D eigenvalue weighted by molar-refractivity contribution is 0.0698. The van der Waals surface area contributed by atoms with Crippen LogP contribution in [0.25, 0.3) is 11.0 Å². The first kappa shape index (κ1) is 21.7. The zero-order chi connectivity index (χ0) is 24.0. The van der Waals surface area contributed by atoms with Crippen molar-refractivity contribution in [1.82, 2.24) is 0 Å². The van der Waals surface area contributed by atoms with E-state index < -0.39 is 5.97 Å². The smallest absolute Gasteiger partial charge is 0.337 e. The topological polar surface area (TPSA) is 82.8 Å².